The minimum absolute atomic E-state index is 0.00161. The molecule has 1 atom stereocenters. The van der Waals surface area contributed by atoms with Crippen molar-refractivity contribution >= 4 is 50.8 Å². The van der Waals surface area contributed by atoms with E-state index in [0.29, 0.717) is 10.0 Å². The van der Waals surface area contributed by atoms with Gasteiger partial charge in [0, 0.05) is 0 Å². The molecular weight excluding hydrogens is 427 g/mol. The largest absolute Gasteiger partial charge is 0.452 e. The summed E-state index contributed by atoms with van der Waals surface area (Å²) >= 11 is 11.8. The van der Waals surface area contributed by atoms with Crippen LogP contribution in [0, 0.1) is 0 Å². The Morgan fingerprint density at radius 2 is 1.79 bits per heavy atom. The highest BCUT2D eigenvalue weighted by Gasteiger charge is 2.17. The molecular formula is C18H18Cl2N2O5S. The Labute approximate surface area is 173 Å². The zero-order chi connectivity index (χ0) is 20.9. The first-order valence-corrected chi connectivity index (χ1v) is 10.7. The van der Waals surface area contributed by atoms with Crippen molar-refractivity contribution in [2.75, 3.05) is 17.6 Å². The van der Waals surface area contributed by atoms with Gasteiger partial charge >= 0.3 is 5.97 Å². The molecule has 0 aromatic heterocycles. The van der Waals surface area contributed by atoms with E-state index in [1.54, 1.807) is 37.3 Å². The molecule has 0 bridgehead atoms. The molecule has 10 heteroatoms. The van der Waals surface area contributed by atoms with Crippen molar-refractivity contribution in [3.8, 4) is 0 Å². The molecule has 0 radical (unpaired) electrons. The van der Waals surface area contributed by atoms with Crippen LogP contribution in [0.4, 0.5) is 5.69 Å². The summed E-state index contributed by atoms with van der Waals surface area (Å²) in [7, 11) is -3.57. The molecule has 2 rings (SSSR count). The predicted molar refractivity (Wildman–Crippen MR) is 108 cm³/mol. The number of rotatable bonds is 7. The number of carbonyl (C=O) groups is 2. The van der Waals surface area contributed by atoms with Gasteiger partial charge in [-0.1, -0.05) is 41.4 Å². The van der Waals surface area contributed by atoms with Gasteiger partial charge in [0.15, 0.2) is 6.61 Å². The van der Waals surface area contributed by atoms with E-state index in [-0.39, 0.29) is 17.3 Å². The molecule has 0 aliphatic rings. The van der Waals surface area contributed by atoms with Crippen LogP contribution in [0.1, 0.15) is 28.9 Å². The third-order valence-corrected chi connectivity index (χ3v) is 4.93. The number of halogens is 2. The monoisotopic (exact) mass is 444 g/mol. The van der Waals surface area contributed by atoms with Gasteiger partial charge in [0.25, 0.3) is 5.91 Å². The first-order chi connectivity index (χ1) is 13.1. The molecule has 0 spiro atoms. The van der Waals surface area contributed by atoms with E-state index in [1.807, 2.05) is 0 Å². The van der Waals surface area contributed by atoms with Crippen LogP contribution in [0.5, 0.6) is 0 Å². The highest BCUT2D eigenvalue weighted by molar-refractivity contribution is 7.92. The van der Waals surface area contributed by atoms with Crippen LogP contribution >= 0.6 is 23.2 Å². The smallest absolute Gasteiger partial charge is 0.340 e. The van der Waals surface area contributed by atoms with Gasteiger partial charge in [-0.2, -0.15) is 0 Å². The standard InChI is InChI=1S/C18H18Cl2N2O5S/c1-11(12-7-8-14(19)15(20)9-12)21-17(23)10-27-18(24)13-5-3-4-6-16(13)22-28(2,25)26/h3-9,11,22H,10H2,1-2H3,(H,21,23). The van der Waals surface area contributed by atoms with Crippen LogP contribution in [0.15, 0.2) is 42.5 Å². The van der Waals surface area contributed by atoms with Gasteiger partial charge in [-0.25, -0.2) is 13.2 Å². The summed E-state index contributed by atoms with van der Waals surface area (Å²) in [5.74, 6) is -1.36. The van der Waals surface area contributed by atoms with Gasteiger partial charge in [0.1, 0.15) is 0 Å². The van der Waals surface area contributed by atoms with Crippen molar-refractivity contribution in [3.05, 3.63) is 63.6 Å². The number of esters is 1. The fraction of sp³-hybridized carbons (Fsp3) is 0.222. The van der Waals surface area contributed by atoms with Crippen LogP contribution in [0.3, 0.4) is 0 Å². The average Bonchev–Trinajstić information content (AvgIpc) is 2.61. The lowest BCUT2D eigenvalue weighted by Gasteiger charge is -2.15. The van der Waals surface area contributed by atoms with Crippen molar-refractivity contribution in [3.63, 3.8) is 0 Å². The Morgan fingerprint density at radius 1 is 1.11 bits per heavy atom. The van der Waals surface area contributed by atoms with E-state index in [2.05, 4.69) is 10.0 Å². The zero-order valence-electron chi connectivity index (χ0n) is 15.0. The third-order valence-electron chi connectivity index (χ3n) is 3.60. The van der Waals surface area contributed by atoms with E-state index in [1.165, 1.54) is 12.1 Å². The molecule has 2 aromatic rings. The summed E-state index contributed by atoms with van der Waals surface area (Å²) in [6.45, 7) is 1.21. The summed E-state index contributed by atoms with van der Waals surface area (Å²) in [6, 6.07) is 10.5. The van der Waals surface area contributed by atoms with Crippen molar-refractivity contribution in [2.45, 2.75) is 13.0 Å². The Kier molecular flexibility index (Phi) is 7.29. The van der Waals surface area contributed by atoms with Crippen molar-refractivity contribution in [2.24, 2.45) is 0 Å². The molecule has 2 aromatic carbocycles. The second-order valence-electron chi connectivity index (χ2n) is 5.96. The quantitative estimate of drug-likeness (QED) is 0.637. The lowest BCUT2D eigenvalue weighted by atomic mass is 10.1. The summed E-state index contributed by atoms with van der Waals surface area (Å²) < 4.78 is 30.0. The number of hydrogen-bond donors (Lipinski definition) is 2. The van der Waals surface area contributed by atoms with Crippen LogP contribution in [0.2, 0.25) is 10.0 Å². The Hall–Kier alpha value is -2.29. The maximum atomic E-state index is 12.2. The van der Waals surface area contributed by atoms with E-state index < -0.39 is 28.5 Å². The number of amides is 1. The first-order valence-electron chi connectivity index (χ1n) is 8.05. The number of hydrogen-bond acceptors (Lipinski definition) is 5. The molecule has 1 amide bonds. The number of anilines is 1. The topological polar surface area (TPSA) is 102 Å². The minimum Gasteiger partial charge on any atom is -0.452 e. The maximum absolute atomic E-state index is 12.2. The number of carbonyl (C=O) groups excluding carboxylic acids is 2. The fourth-order valence-electron chi connectivity index (χ4n) is 2.31. The van der Waals surface area contributed by atoms with Gasteiger partial charge in [-0.05, 0) is 36.8 Å². The second kappa shape index (κ2) is 9.27. The van der Waals surface area contributed by atoms with E-state index >= 15 is 0 Å². The molecule has 150 valence electrons. The molecule has 7 nitrogen and oxygen atoms in total. The van der Waals surface area contributed by atoms with Crippen molar-refractivity contribution < 1.29 is 22.7 Å². The summed E-state index contributed by atoms with van der Waals surface area (Å²) in [6.07, 6.45) is 0.965. The lowest BCUT2D eigenvalue weighted by Crippen LogP contribution is -2.31. The fourth-order valence-corrected chi connectivity index (χ4v) is 3.19. The van der Waals surface area contributed by atoms with Crippen LogP contribution in [-0.2, 0) is 19.6 Å². The number of ether oxygens (including phenoxy) is 1. The third kappa shape index (κ3) is 6.40. The molecule has 0 saturated heterocycles. The highest BCUT2D eigenvalue weighted by Crippen LogP contribution is 2.25. The molecule has 0 aliphatic heterocycles. The average molecular weight is 445 g/mol. The number of nitrogens with one attached hydrogen (secondary N) is 2. The Bertz CT molecular complexity index is 995. The van der Waals surface area contributed by atoms with Crippen LogP contribution < -0.4 is 10.0 Å². The van der Waals surface area contributed by atoms with Gasteiger partial charge in [0.2, 0.25) is 10.0 Å². The van der Waals surface area contributed by atoms with Gasteiger partial charge in [0.05, 0.1) is 33.6 Å². The molecule has 1 unspecified atom stereocenters. The SMILES string of the molecule is CC(NC(=O)COC(=O)c1ccccc1NS(C)(=O)=O)c1ccc(Cl)c(Cl)c1. The number of benzene rings is 2. The number of para-hydroxylation sites is 1. The highest BCUT2D eigenvalue weighted by atomic mass is 35.5. The first kappa shape index (κ1) is 22.0. The van der Waals surface area contributed by atoms with Crippen LogP contribution in [-0.4, -0.2) is 33.2 Å². The lowest BCUT2D eigenvalue weighted by molar-refractivity contribution is -0.124. The number of sulfonamides is 1. The molecule has 28 heavy (non-hydrogen) atoms. The minimum atomic E-state index is -3.57. The molecule has 0 saturated carbocycles. The van der Waals surface area contributed by atoms with Gasteiger partial charge in [-0.3, -0.25) is 9.52 Å². The normalized spacial score (nSPS) is 12.1. The van der Waals surface area contributed by atoms with E-state index in [0.717, 1.165) is 11.8 Å². The molecule has 0 fully saturated rings. The molecule has 0 heterocycles. The van der Waals surface area contributed by atoms with E-state index in [9.17, 15) is 18.0 Å². The Balaban J connectivity index is 1.97. The van der Waals surface area contributed by atoms with Crippen molar-refractivity contribution in [1.29, 1.82) is 0 Å². The Morgan fingerprint density at radius 3 is 2.43 bits per heavy atom. The summed E-state index contributed by atoms with van der Waals surface area (Å²) in [5, 5.41) is 3.44. The zero-order valence-corrected chi connectivity index (χ0v) is 17.4. The summed E-state index contributed by atoms with van der Waals surface area (Å²) in [4.78, 5) is 24.3. The second-order valence-corrected chi connectivity index (χ2v) is 8.52. The molecule has 0 aliphatic carbocycles. The molecule has 2 N–H and O–H groups in total. The predicted octanol–water partition coefficient (Wildman–Crippen LogP) is 3.40. The maximum Gasteiger partial charge on any atom is 0.340 e. The summed E-state index contributed by atoms with van der Waals surface area (Å²) in [5.41, 5.74) is 0.801. The van der Waals surface area contributed by atoms with Crippen LogP contribution in [0.25, 0.3) is 0 Å². The van der Waals surface area contributed by atoms with Gasteiger partial charge in [-0.15, -0.1) is 0 Å². The van der Waals surface area contributed by atoms with E-state index in [4.69, 9.17) is 27.9 Å². The van der Waals surface area contributed by atoms with Crippen molar-refractivity contribution in [1.82, 2.24) is 5.32 Å². The van der Waals surface area contributed by atoms with Gasteiger partial charge < -0.3 is 10.1 Å².